The SMILES string of the molecule is CC(CCN1C(=O)C2C3C=CC(COCC4CO4)(O3)C2C1=O)CC(C)(C)CN1C(=O)C2C3C=CC(COCC(O)CO)(O3)C2C1=O. The normalized spacial score (nSPS) is 39.7. The number of hydrogen-bond acceptors (Lipinski definition) is 11. The Morgan fingerprint density at radius 3 is 2.09 bits per heavy atom. The summed E-state index contributed by atoms with van der Waals surface area (Å²) in [7, 11) is 0. The van der Waals surface area contributed by atoms with Crippen LogP contribution in [-0.4, -0.2) is 132 Å². The third kappa shape index (κ3) is 5.28. The number of ether oxygens (including phenoxy) is 5. The highest BCUT2D eigenvalue weighted by atomic mass is 16.6. The Morgan fingerprint density at radius 2 is 1.50 bits per heavy atom. The molecule has 7 rings (SSSR count). The number of amides is 4. The zero-order valence-electron chi connectivity index (χ0n) is 26.5. The van der Waals surface area contributed by atoms with Crippen LogP contribution in [0.25, 0.3) is 0 Å². The number of aliphatic hydroxyl groups excluding tert-OH is 2. The fourth-order valence-corrected chi connectivity index (χ4v) is 8.64. The fourth-order valence-electron chi connectivity index (χ4n) is 8.64. The average Bonchev–Trinajstić information content (AvgIpc) is 3.32. The fraction of sp³-hybridized carbons (Fsp3) is 0.758. The second kappa shape index (κ2) is 11.6. The van der Waals surface area contributed by atoms with E-state index in [0.29, 0.717) is 32.6 Å². The minimum Gasteiger partial charge on any atom is -0.394 e. The Morgan fingerprint density at radius 1 is 0.935 bits per heavy atom. The molecule has 7 aliphatic rings. The number of nitrogens with zero attached hydrogens (tertiary/aromatic N) is 2. The molecule has 46 heavy (non-hydrogen) atoms. The molecular formula is C33H44N2O11. The molecule has 0 spiro atoms. The van der Waals surface area contributed by atoms with Crippen molar-refractivity contribution < 1.29 is 53.1 Å². The molecule has 0 aromatic carbocycles. The van der Waals surface area contributed by atoms with Gasteiger partial charge < -0.3 is 33.9 Å². The van der Waals surface area contributed by atoms with Crippen molar-refractivity contribution >= 4 is 23.6 Å². The Balaban J connectivity index is 0.934. The molecule has 4 bridgehead atoms. The van der Waals surface area contributed by atoms with Gasteiger partial charge in [-0.1, -0.05) is 45.1 Å². The van der Waals surface area contributed by atoms with Gasteiger partial charge in [0.15, 0.2) is 0 Å². The van der Waals surface area contributed by atoms with Crippen LogP contribution in [0.5, 0.6) is 0 Å². The first-order valence-electron chi connectivity index (χ1n) is 16.4. The molecule has 5 saturated heterocycles. The van der Waals surface area contributed by atoms with Gasteiger partial charge in [-0.3, -0.25) is 29.0 Å². The maximum atomic E-state index is 13.7. The lowest BCUT2D eigenvalue weighted by Crippen LogP contribution is -2.46. The maximum absolute atomic E-state index is 13.7. The van der Waals surface area contributed by atoms with Crippen LogP contribution in [0.2, 0.25) is 0 Å². The van der Waals surface area contributed by atoms with E-state index >= 15 is 0 Å². The van der Waals surface area contributed by atoms with Gasteiger partial charge >= 0.3 is 0 Å². The lowest BCUT2D eigenvalue weighted by atomic mass is 9.77. The Labute approximate surface area is 267 Å². The van der Waals surface area contributed by atoms with E-state index in [1.54, 1.807) is 12.2 Å². The van der Waals surface area contributed by atoms with Gasteiger partial charge in [0.05, 0.1) is 75.5 Å². The van der Waals surface area contributed by atoms with Gasteiger partial charge in [0.2, 0.25) is 23.6 Å². The summed E-state index contributed by atoms with van der Waals surface area (Å²) < 4.78 is 28.8. The van der Waals surface area contributed by atoms with Crippen LogP contribution in [-0.2, 0) is 42.9 Å². The van der Waals surface area contributed by atoms with Crippen molar-refractivity contribution in [3.05, 3.63) is 24.3 Å². The van der Waals surface area contributed by atoms with Gasteiger partial charge in [-0.05, 0) is 24.2 Å². The smallest absolute Gasteiger partial charge is 0.236 e. The zero-order chi connectivity index (χ0) is 32.6. The second-order valence-electron chi connectivity index (χ2n) is 15.0. The molecule has 7 heterocycles. The first kappa shape index (κ1) is 32.0. The van der Waals surface area contributed by atoms with Gasteiger partial charge in [-0.15, -0.1) is 0 Å². The molecule has 2 N–H and O–H groups in total. The number of carbonyl (C=O) groups excluding carboxylic acids is 4. The molecule has 7 aliphatic heterocycles. The van der Waals surface area contributed by atoms with Crippen LogP contribution in [0.15, 0.2) is 24.3 Å². The first-order valence-corrected chi connectivity index (χ1v) is 16.4. The van der Waals surface area contributed by atoms with Crippen LogP contribution in [0.3, 0.4) is 0 Å². The van der Waals surface area contributed by atoms with E-state index in [9.17, 15) is 24.3 Å². The average molecular weight is 645 g/mol. The summed E-state index contributed by atoms with van der Waals surface area (Å²) in [6.45, 7) is 7.39. The lowest BCUT2D eigenvalue weighted by molar-refractivity contribution is -0.149. The highest BCUT2D eigenvalue weighted by Gasteiger charge is 2.69. The summed E-state index contributed by atoms with van der Waals surface area (Å²) in [6, 6.07) is 0. The molecule has 4 amide bonds. The highest BCUT2D eigenvalue weighted by molar-refractivity contribution is 6.08. The van der Waals surface area contributed by atoms with Crippen LogP contribution >= 0.6 is 0 Å². The number of aliphatic hydroxyl groups is 2. The van der Waals surface area contributed by atoms with E-state index in [4.69, 9.17) is 28.8 Å². The van der Waals surface area contributed by atoms with Crippen LogP contribution in [0.1, 0.15) is 33.6 Å². The third-order valence-electron chi connectivity index (χ3n) is 10.7. The second-order valence-corrected chi connectivity index (χ2v) is 15.0. The predicted octanol–water partition coefficient (Wildman–Crippen LogP) is -0.169. The standard InChI is InChI=1S/C33H44N2O11/c1-18(6-9-34-27(38)23-21-4-8-33(45-21,25(23)29(34)40)17-43-13-20-14-44-20)10-31(2,3)15-35-28(39)24-22-5-7-32(46-22,26(24)30(35)41)16-42-12-19(37)11-36/h4-5,7-8,18-26,36-37H,6,9-17H2,1-3H3. The number of rotatable bonds is 16. The summed E-state index contributed by atoms with van der Waals surface area (Å²) in [6.07, 6.45) is 6.72. The Hall–Kier alpha value is -2.52. The van der Waals surface area contributed by atoms with Crippen LogP contribution in [0.4, 0.5) is 0 Å². The molecule has 13 nitrogen and oxygen atoms in total. The van der Waals surface area contributed by atoms with Crippen molar-refractivity contribution in [2.24, 2.45) is 35.0 Å². The number of carbonyl (C=O) groups is 4. The van der Waals surface area contributed by atoms with Gasteiger partial charge in [0.1, 0.15) is 23.4 Å². The molecular weight excluding hydrogens is 600 g/mol. The van der Waals surface area contributed by atoms with Crippen molar-refractivity contribution in [1.82, 2.24) is 9.80 Å². The summed E-state index contributed by atoms with van der Waals surface area (Å²) >= 11 is 0. The molecule has 0 aromatic rings. The van der Waals surface area contributed by atoms with Gasteiger partial charge in [0, 0.05) is 13.1 Å². The van der Waals surface area contributed by atoms with E-state index in [0.717, 1.165) is 0 Å². The number of hydrogen-bond donors (Lipinski definition) is 2. The van der Waals surface area contributed by atoms with E-state index in [2.05, 4.69) is 6.92 Å². The molecule has 13 heteroatoms. The Bertz CT molecular complexity index is 1340. The first-order chi connectivity index (χ1) is 21.9. The van der Waals surface area contributed by atoms with Crippen LogP contribution in [0, 0.1) is 35.0 Å². The van der Waals surface area contributed by atoms with E-state index in [-0.39, 0.29) is 62.0 Å². The minimum absolute atomic E-state index is 0.00628. The monoisotopic (exact) mass is 644 g/mol. The predicted molar refractivity (Wildman–Crippen MR) is 158 cm³/mol. The van der Waals surface area contributed by atoms with Crippen LogP contribution < -0.4 is 0 Å². The van der Waals surface area contributed by atoms with Gasteiger partial charge in [0.25, 0.3) is 0 Å². The Kier molecular flexibility index (Phi) is 8.06. The van der Waals surface area contributed by atoms with E-state index in [1.165, 1.54) is 9.80 Å². The molecule has 11 atom stereocenters. The molecule has 252 valence electrons. The quantitative estimate of drug-likeness (QED) is 0.130. The number of fused-ring (bicyclic) bond motifs is 10. The van der Waals surface area contributed by atoms with Gasteiger partial charge in [-0.25, -0.2) is 0 Å². The molecule has 5 fully saturated rings. The third-order valence-corrected chi connectivity index (χ3v) is 10.7. The van der Waals surface area contributed by atoms with Crippen molar-refractivity contribution in [3.8, 4) is 0 Å². The van der Waals surface area contributed by atoms with Gasteiger partial charge in [-0.2, -0.15) is 0 Å². The zero-order valence-corrected chi connectivity index (χ0v) is 26.5. The topological polar surface area (TPSA) is 165 Å². The number of likely N-dealkylation sites (tertiary alicyclic amines) is 2. The van der Waals surface area contributed by atoms with Crippen molar-refractivity contribution in [2.75, 3.05) is 52.7 Å². The summed E-state index contributed by atoms with van der Waals surface area (Å²) in [5.41, 5.74) is -2.42. The molecule has 0 radical (unpaired) electrons. The largest absolute Gasteiger partial charge is 0.394 e. The highest BCUT2D eigenvalue weighted by Crippen LogP contribution is 2.53. The number of imide groups is 2. The molecule has 11 unspecified atom stereocenters. The minimum atomic E-state index is -1.08. The van der Waals surface area contributed by atoms with E-state index < -0.39 is 65.2 Å². The molecule has 0 aliphatic carbocycles. The number of epoxide rings is 1. The maximum Gasteiger partial charge on any atom is 0.236 e. The van der Waals surface area contributed by atoms with Crippen molar-refractivity contribution in [2.45, 2.75) is 69.2 Å². The summed E-state index contributed by atoms with van der Waals surface area (Å²) in [5.74, 6) is -3.29. The summed E-state index contributed by atoms with van der Waals surface area (Å²) in [5, 5.41) is 18.7. The summed E-state index contributed by atoms with van der Waals surface area (Å²) in [4.78, 5) is 57.0. The van der Waals surface area contributed by atoms with Crippen molar-refractivity contribution in [1.29, 1.82) is 0 Å². The molecule has 0 aromatic heterocycles. The molecule has 0 saturated carbocycles. The van der Waals surface area contributed by atoms with Crippen molar-refractivity contribution in [3.63, 3.8) is 0 Å². The van der Waals surface area contributed by atoms with E-state index in [1.807, 2.05) is 26.0 Å². The lowest BCUT2D eigenvalue weighted by Gasteiger charge is -2.34.